The van der Waals surface area contributed by atoms with Gasteiger partial charge in [-0.1, -0.05) is 6.92 Å². The Morgan fingerprint density at radius 1 is 1.26 bits per heavy atom. The van der Waals surface area contributed by atoms with E-state index in [1.54, 1.807) is 0 Å². The molecule has 0 aromatic rings. The molecular formula is C20H41IN4O2. The lowest BCUT2D eigenvalue weighted by Gasteiger charge is -2.35. The van der Waals surface area contributed by atoms with Gasteiger partial charge in [-0.3, -0.25) is 9.89 Å². The average Bonchev–Trinajstić information content (AvgIpc) is 2.68. The van der Waals surface area contributed by atoms with Crippen LogP contribution in [0.3, 0.4) is 0 Å². The molecule has 1 unspecified atom stereocenters. The van der Waals surface area contributed by atoms with Crippen molar-refractivity contribution < 1.29 is 9.47 Å². The third kappa shape index (κ3) is 8.83. The maximum absolute atomic E-state index is 6.12. The molecule has 2 fully saturated rings. The van der Waals surface area contributed by atoms with E-state index in [1.807, 2.05) is 7.05 Å². The number of aliphatic imine (C=N–C) groups is 1. The number of guanidine groups is 1. The highest BCUT2D eigenvalue weighted by molar-refractivity contribution is 14.0. The van der Waals surface area contributed by atoms with Crippen LogP contribution < -0.4 is 5.32 Å². The van der Waals surface area contributed by atoms with Crippen molar-refractivity contribution in [2.45, 2.75) is 71.1 Å². The first-order valence-corrected chi connectivity index (χ1v) is 10.6. The van der Waals surface area contributed by atoms with Gasteiger partial charge in [-0.2, -0.15) is 0 Å². The van der Waals surface area contributed by atoms with E-state index in [2.05, 4.69) is 40.9 Å². The first kappa shape index (κ1) is 24.9. The molecule has 0 amide bonds. The average molecular weight is 496 g/mol. The molecule has 7 heteroatoms. The number of nitrogens with one attached hydrogen (secondary N) is 1. The molecule has 0 aliphatic carbocycles. The van der Waals surface area contributed by atoms with Crippen LogP contribution in [-0.2, 0) is 9.47 Å². The van der Waals surface area contributed by atoms with Gasteiger partial charge < -0.3 is 19.7 Å². The normalized spacial score (nSPS) is 22.2. The van der Waals surface area contributed by atoms with Gasteiger partial charge in [0.1, 0.15) is 0 Å². The van der Waals surface area contributed by atoms with E-state index in [0.29, 0.717) is 18.2 Å². The maximum atomic E-state index is 6.12. The molecule has 27 heavy (non-hydrogen) atoms. The van der Waals surface area contributed by atoms with Gasteiger partial charge in [0.15, 0.2) is 5.96 Å². The Morgan fingerprint density at radius 2 is 2.00 bits per heavy atom. The van der Waals surface area contributed by atoms with E-state index in [1.165, 1.54) is 12.8 Å². The van der Waals surface area contributed by atoms with Crippen molar-refractivity contribution >= 4 is 29.9 Å². The second kappa shape index (κ2) is 14.0. The number of ether oxygens (including phenoxy) is 2. The molecule has 0 bridgehead atoms. The summed E-state index contributed by atoms with van der Waals surface area (Å²) in [4.78, 5) is 9.31. The number of likely N-dealkylation sites (tertiary alicyclic amines) is 1. The summed E-state index contributed by atoms with van der Waals surface area (Å²) in [7, 11) is 1.88. The molecule has 6 nitrogen and oxygen atoms in total. The Bertz CT molecular complexity index is 409. The monoisotopic (exact) mass is 496 g/mol. The lowest BCUT2D eigenvalue weighted by molar-refractivity contribution is -0.0721. The molecule has 0 aromatic heterocycles. The van der Waals surface area contributed by atoms with Gasteiger partial charge in [0.25, 0.3) is 0 Å². The van der Waals surface area contributed by atoms with Crippen molar-refractivity contribution in [2.75, 3.05) is 53.0 Å². The van der Waals surface area contributed by atoms with Crippen LogP contribution in [0.25, 0.3) is 0 Å². The fraction of sp³-hybridized carbons (Fsp3) is 0.950. The number of likely N-dealkylation sites (N-methyl/N-ethyl adjacent to an activating group) is 1. The highest BCUT2D eigenvalue weighted by Gasteiger charge is 2.23. The molecule has 2 aliphatic heterocycles. The highest BCUT2D eigenvalue weighted by atomic mass is 127. The summed E-state index contributed by atoms with van der Waals surface area (Å²) in [5, 5.41) is 3.53. The molecule has 0 spiro atoms. The van der Waals surface area contributed by atoms with Gasteiger partial charge in [-0.25, -0.2) is 0 Å². The largest absolute Gasteiger partial charge is 0.376 e. The van der Waals surface area contributed by atoms with E-state index in [0.717, 1.165) is 71.2 Å². The zero-order valence-electron chi connectivity index (χ0n) is 17.8. The number of halogens is 1. The van der Waals surface area contributed by atoms with Crippen molar-refractivity contribution in [2.24, 2.45) is 4.99 Å². The van der Waals surface area contributed by atoms with Gasteiger partial charge in [0.2, 0.25) is 0 Å². The molecule has 2 rings (SSSR count). The zero-order chi connectivity index (χ0) is 18.8. The van der Waals surface area contributed by atoms with Crippen LogP contribution >= 0.6 is 24.0 Å². The lowest BCUT2D eigenvalue weighted by Crippen LogP contribution is -2.49. The minimum atomic E-state index is 0. The van der Waals surface area contributed by atoms with Crippen molar-refractivity contribution in [1.82, 2.24) is 15.1 Å². The third-order valence-corrected chi connectivity index (χ3v) is 5.56. The topological polar surface area (TPSA) is 49.3 Å². The Kier molecular flexibility index (Phi) is 12.9. The minimum absolute atomic E-state index is 0. The van der Waals surface area contributed by atoms with Crippen molar-refractivity contribution in [3.05, 3.63) is 0 Å². The molecule has 2 saturated heterocycles. The van der Waals surface area contributed by atoms with Gasteiger partial charge in [-0.15, -0.1) is 24.0 Å². The van der Waals surface area contributed by atoms with Crippen LogP contribution in [0.5, 0.6) is 0 Å². The van der Waals surface area contributed by atoms with E-state index in [-0.39, 0.29) is 24.0 Å². The Morgan fingerprint density at radius 3 is 2.56 bits per heavy atom. The number of nitrogens with zero attached hydrogens (tertiary/aromatic N) is 3. The predicted molar refractivity (Wildman–Crippen MR) is 123 cm³/mol. The molecule has 2 aliphatic rings. The summed E-state index contributed by atoms with van der Waals surface area (Å²) in [5.74, 6) is 1.03. The van der Waals surface area contributed by atoms with Crippen molar-refractivity contribution in [3.8, 4) is 0 Å². The van der Waals surface area contributed by atoms with E-state index >= 15 is 0 Å². The molecule has 0 aromatic carbocycles. The minimum Gasteiger partial charge on any atom is -0.376 e. The van der Waals surface area contributed by atoms with Crippen molar-refractivity contribution in [1.29, 1.82) is 0 Å². The van der Waals surface area contributed by atoms with Crippen LogP contribution in [0.4, 0.5) is 0 Å². The standard InChI is InChI=1S/C20H40N4O2.HI/c1-5-23(17(2)3)14-11-22-20(21-4)24-12-9-18(10-13-24)26-16-19-8-6-7-15-25-19;/h17-19H,5-16H2,1-4H3,(H,21,22);1H. The number of piperidine rings is 1. The van der Waals surface area contributed by atoms with Crippen molar-refractivity contribution in [3.63, 3.8) is 0 Å². The number of hydrogen-bond donors (Lipinski definition) is 1. The highest BCUT2D eigenvalue weighted by Crippen LogP contribution is 2.17. The molecule has 0 radical (unpaired) electrons. The van der Waals surface area contributed by atoms with Crippen LogP contribution in [0.2, 0.25) is 0 Å². The maximum Gasteiger partial charge on any atom is 0.193 e. The van der Waals surface area contributed by atoms with Crippen LogP contribution in [0, 0.1) is 0 Å². The summed E-state index contributed by atoms with van der Waals surface area (Å²) in [6, 6.07) is 0.588. The van der Waals surface area contributed by atoms with Crippen LogP contribution in [0.15, 0.2) is 4.99 Å². The summed E-state index contributed by atoms with van der Waals surface area (Å²) in [6.07, 6.45) is 6.46. The first-order chi connectivity index (χ1) is 12.6. The van der Waals surface area contributed by atoms with Gasteiger partial charge in [0, 0.05) is 45.9 Å². The quantitative estimate of drug-likeness (QED) is 0.318. The SMILES string of the molecule is CCN(CCNC(=NC)N1CCC(OCC2CCCCO2)CC1)C(C)C.I. The third-order valence-electron chi connectivity index (χ3n) is 5.56. The summed E-state index contributed by atoms with van der Waals surface area (Å²) < 4.78 is 11.9. The van der Waals surface area contributed by atoms with Crippen LogP contribution in [-0.4, -0.2) is 87.0 Å². The second-order valence-corrected chi connectivity index (χ2v) is 7.70. The molecule has 0 saturated carbocycles. The number of rotatable bonds is 8. The van der Waals surface area contributed by atoms with E-state index in [9.17, 15) is 0 Å². The van der Waals surface area contributed by atoms with E-state index in [4.69, 9.17) is 9.47 Å². The van der Waals surface area contributed by atoms with Gasteiger partial charge in [-0.05, 0) is 52.5 Å². The zero-order valence-corrected chi connectivity index (χ0v) is 20.1. The van der Waals surface area contributed by atoms with Gasteiger partial charge in [0.05, 0.1) is 18.8 Å². The molecule has 1 N–H and O–H groups in total. The summed E-state index contributed by atoms with van der Waals surface area (Å²) in [5.41, 5.74) is 0. The predicted octanol–water partition coefficient (Wildman–Crippen LogP) is 2.96. The smallest absolute Gasteiger partial charge is 0.193 e. The second-order valence-electron chi connectivity index (χ2n) is 7.70. The Balaban J connectivity index is 0.00000364. The fourth-order valence-electron chi connectivity index (χ4n) is 3.84. The summed E-state index contributed by atoms with van der Waals surface area (Å²) >= 11 is 0. The summed E-state index contributed by atoms with van der Waals surface area (Å²) in [6.45, 7) is 13.5. The molecule has 2 heterocycles. The Hall–Kier alpha value is -0.120. The number of hydrogen-bond acceptors (Lipinski definition) is 4. The molecule has 1 atom stereocenters. The van der Waals surface area contributed by atoms with Gasteiger partial charge >= 0.3 is 0 Å². The molecular weight excluding hydrogens is 455 g/mol. The first-order valence-electron chi connectivity index (χ1n) is 10.6. The lowest BCUT2D eigenvalue weighted by atomic mass is 10.1. The fourth-order valence-corrected chi connectivity index (χ4v) is 3.84. The molecule has 160 valence electrons. The van der Waals surface area contributed by atoms with Crippen LogP contribution in [0.1, 0.15) is 52.9 Å². The van der Waals surface area contributed by atoms with E-state index < -0.39 is 0 Å². The Labute approximate surface area is 183 Å².